The zero-order valence-electron chi connectivity index (χ0n) is 20.3. The molecule has 5 fully saturated rings. The van der Waals surface area contributed by atoms with Crippen molar-refractivity contribution < 1.29 is 0 Å². The summed E-state index contributed by atoms with van der Waals surface area (Å²) in [5.74, 6) is 3.83. The Labute approximate surface area is 185 Å². The molecule has 0 amide bonds. The lowest BCUT2D eigenvalue weighted by molar-refractivity contribution is -0.191. The number of hydrogen-bond donors (Lipinski definition) is 3. The quantitative estimate of drug-likeness (QED) is 0.602. The van der Waals surface area contributed by atoms with Crippen molar-refractivity contribution in [2.45, 2.75) is 110 Å². The van der Waals surface area contributed by atoms with Crippen molar-refractivity contribution in [1.29, 1.82) is 0 Å². The Hall–Kier alpha value is -0.120. The van der Waals surface area contributed by atoms with Gasteiger partial charge in [0.05, 0.1) is 0 Å². The molecule has 0 heterocycles. The summed E-state index contributed by atoms with van der Waals surface area (Å²) < 4.78 is 0. The highest BCUT2D eigenvalue weighted by Gasteiger charge is 2.68. The molecule has 0 aromatic heterocycles. The van der Waals surface area contributed by atoms with Gasteiger partial charge in [0.15, 0.2) is 0 Å². The van der Waals surface area contributed by atoms with Gasteiger partial charge in [0, 0.05) is 18.1 Å². The van der Waals surface area contributed by atoms with Gasteiger partial charge in [0.1, 0.15) is 0 Å². The van der Waals surface area contributed by atoms with Crippen molar-refractivity contribution in [1.82, 2.24) is 5.32 Å². The van der Waals surface area contributed by atoms with Crippen LogP contribution in [-0.4, -0.2) is 24.7 Å². The van der Waals surface area contributed by atoms with Gasteiger partial charge in [-0.05, 0) is 117 Å². The van der Waals surface area contributed by atoms with Gasteiger partial charge in [-0.25, -0.2) is 0 Å². The van der Waals surface area contributed by atoms with Crippen LogP contribution in [0.25, 0.3) is 0 Å². The van der Waals surface area contributed by atoms with E-state index in [1.165, 1.54) is 77.2 Å². The van der Waals surface area contributed by atoms with Gasteiger partial charge >= 0.3 is 0 Å². The lowest BCUT2D eigenvalue weighted by Gasteiger charge is -2.70. The minimum absolute atomic E-state index is 0.0787. The fourth-order valence-corrected chi connectivity index (χ4v) is 10.9. The maximum atomic E-state index is 7.61. The highest BCUT2D eigenvalue weighted by Crippen LogP contribution is 2.72. The lowest BCUT2D eigenvalue weighted by atomic mass is 9.36. The van der Waals surface area contributed by atoms with E-state index in [1.807, 2.05) is 0 Å². The molecular weight excluding hydrogens is 366 g/mol. The van der Waals surface area contributed by atoms with E-state index in [4.69, 9.17) is 11.5 Å². The van der Waals surface area contributed by atoms with E-state index < -0.39 is 0 Å². The molecule has 5 rings (SSSR count). The molecule has 0 aliphatic heterocycles. The van der Waals surface area contributed by atoms with Crippen LogP contribution in [0.2, 0.25) is 0 Å². The van der Waals surface area contributed by atoms with E-state index >= 15 is 0 Å². The first-order valence-electron chi connectivity index (χ1n) is 13.5. The van der Waals surface area contributed by atoms with Crippen LogP contribution in [0.3, 0.4) is 0 Å². The SMILES string of the molecule is CCNCC12CCCC1C1(N)CCC3C4(C)CCC(N)C(C)C4CCC3(C)C1CC2. The van der Waals surface area contributed by atoms with E-state index in [9.17, 15) is 0 Å². The predicted molar refractivity (Wildman–Crippen MR) is 126 cm³/mol. The van der Waals surface area contributed by atoms with E-state index in [-0.39, 0.29) is 5.54 Å². The molecule has 10 atom stereocenters. The second-order valence-corrected chi connectivity index (χ2v) is 13.1. The zero-order valence-corrected chi connectivity index (χ0v) is 20.3. The van der Waals surface area contributed by atoms with E-state index in [1.54, 1.807) is 0 Å². The summed E-state index contributed by atoms with van der Waals surface area (Å²) in [5.41, 5.74) is 15.7. The first-order chi connectivity index (χ1) is 14.2. The van der Waals surface area contributed by atoms with E-state index in [0.717, 1.165) is 30.2 Å². The van der Waals surface area contributed by atoms with Crippen molar-refractivity contribution in [3.8, 4) is 0 Å². The third-order valence-electron chi connectivity index (χ3n) is 12.3. The smallest absolute Gasteiger partial charge is 0.0222 e. The number of nitrogens with one attached hydrogen (secondary N) is 1. The van der Waals surface area contributed by atoms with Gasteiger partial charge in [-0.1, -0.05) is 34.1 Å². The van der Waals surface area contributed by atoms with Crippen molar-refractivity contribution in [2.24, 2.45) is 57.3 Å². The molecule has 0 radical (unpaired) electrons. The fourth-order valence-electron chi connectivity index (χ4n) is 10.9. The van der Waals surface area contributed by atoms with Crippen LogP contribution < -0.4 is 16.8 Å². The largest absolute Gasteiger partial charge is 0.327 e. The Morgan fingerprint density at radius 1 is 0.833 bits per heavy atom. The average Bonchev–Trinajstić information content (AvgIpc) is 3.15. The molecule has 10 unspecified atom stereocenters. The van der Waals surface area contributed by atoms with Crippen molar-refractivity contribution >= 4 is 0 Å². The van der Waals surface area contributed by atoms with E-state index in [2.05, 4.69) is 33.0 Å². The lowest BCUT2D eigenvalue weighted by Crippen LogP contribution is -2.71. The van der Waals surface area contributed by atoms with Gasteiger partial charge < -0.3 is 16.8 Å². The monoisotopic (exact) mass is 415 g/mol. The molecule has 5 aliphatic carbocycles. The molecule has 30 heavy (non-hydrogen) atoms. The van der Waals surface area contributed by atoms with Crippen LogP contribution in [0.1, 0.15) is 98.3 Å². The van der Waals surface area contributed by atoms with Crippen LogP contribution >= 0.6 is 0 Å². The second-order valence-electron chi connectivity index (χ2n) is 13.1. The first-order valence-corrected chi connectivity index (χ1v) is 13.5. The Morgan fingerprint density at radius 2 is 1.57 bits per heavy atom. The Kier molecular flexibility index (Phi) is 5.20. The van der Waals surface area contributed by atoms with Crippen LogP contribution in [0.15, 0.2) is 0 Å². The fraction of sp³-hybridized carbons (Fsp3) is 1.00. The average molecular weight is 416 g/mol. The standard InChI is InChI=1S/C27H49N3/c1-5-30-17-26-12-6-7-23(26)27(29)16-11-21-24(3)14-9-20(28)18(2)19(24)8-13-25(21,4)22(27)10-15-26/h18-23,30H,5-17,28-29H2,1-4H3. The maximum Gasteiger partial charge on any atom is 0.0222 e. The van der Waals surface area contributed by atoms with Crippen LogP contribution in [0.5, 0.6) is 0 Å². The molecule has 3 heteroatoms. The number of rotatable bonds is 3. The number of fused-ring (bicyclic) bond motifs is 7. The zero-order chi connectivity index (χ0) is 21.4. The van der Waals surface area contributed by atoms with Gasteiger partial charge in [-0.2, -0.15) is 0 Å². The Bertz CT molecular complexity index is 664. The molecule has 0 bridgehead atoms. The van der Waals surface area contributed by atoms with E-state index in [0.29, 0.717) is 28.2 Å². The summed E-state index contributed by atoms with van der Waals surface area (Å²) in [6.07, 6.45) is 15.0. The highest BCUT2D eigenvalue weighted by atomic mass is 14.9. The minimum atomic E-state index is 0.0787. The summed E-state index contributed by atoms with van der Waals surface area (Å²) in [5, 5.41) is 3.74. The topological polar surface area (TPSA) is 64.1 Å². The first kappa shape index (κ1) is 21.7. The molecule has 5 aliphatic rings. The summed E-state index contributed by atoms with van der Waals surface area (Å²) >= 11 is 0. The molecule has 0 spiro atoms. The minimum Gasteiger partial charge on any atom is -0.327 e. The molecule has 5 N–H and O–H groups in total. The molecule has 172 valence electrons. The maximum absolute atomic E-state index is 7.61. The van der Waals surface area contributed by atoms with Crippen molar-refractivity contribution in [2.75, 3.05) is 13.1 Å². The third kappa shape index (κ3) is 2.73. The normalized spacial score (nSPS) is 57.8. The molecule has 0 saturated heterocycles. The van der Waals surface area contributed by atoms with Gasteiger partial charge in [0.25, 0.3) is 0 Å². The molecular formula is C27H49N3. The van der Waals surface area contributed by atoms with Crippen molar-refractivity contribution in [3.63, 3.8) is 0 Å². The highest BCUT2D eigenvalue weighted by molar-refractivity contribution is 5.20. The third-order valence-corrected chi connectivity index (χ3v) is 12.3. The summed E-state index contributed by atoms with van der Waals surface area (Å²) in [6, 6.07) is 0.421. The second kappa shape index (κ2) is 7.19. The Balaban J connectivity index is 1.47. The summed E-state index contributed by atoms with van der Waals surface area (Å²) in [7, 11) is 0. The number of nitrogens with two attached hydrogens (primary N) is 2. The molecule has 0 aromatic carbocycles. The molecule has 5 saturated carbocycles. The number of hydrogen-bond acceptors (Lipinski definition) is 3. The van der Waals surface area contributed by atoms with Gasteiger partial charge in [-0.3, -0.25) is 0 Å². The summed E-state index contributed by atoms with van der Waals surface area (Å²) in [4.78, 5) is 0. The van der Waals surface area contributed by atoms with Crippen LogP contribution in [0, 0.1) is 45.8 Å². The van der Waals surface area contributed by atoms with Crippen LogP contribution in [-0.2, 0) is 0 Å². The molecule has 3 nitrogen and oxygen atoms in total. The van der Waals surface area contributed by atoms with Gasteiger partial charge in [-0.15, -0.1) is 0 Å². The van der Waals surface area contributed by atoms with Crippen molar-refractivity contribution in [3.05, 3.63) is 0 Å². The van der Waals surface area contributed by atoms with Crippen LogP contribution in [0.4, 0.5) is 0 Å². The Morgan fingerprint density at radius 3 is 2.33 bits per heavy atom. The predicted octanol–water partition coefficient (Wildman–Crippen LogP) is 5.08. The molecule has 0 aromatic rings. The van der Waals surface area contributed by atoms with Gasteiger partial charge in [0.2, 0.25) is 0 Å². The summed E-state index contributed by atoms with van der Waals surface area (Å²) in [6.45, 7) is 12.4.